The molecule has 3 heterocycles. The highest BCUT2D eigenvalue weighted by molar-refractivity contribution is 5.87. The zero-order valence-electron chi connectivity index (χ0n) is 13.6. The maximum absolute atomic E-state index is 13.0. The molecular formula is C16H19FN4O3. The highest BCUT2D eigenvalue weighted by atomic mass is 19.1. The molecule has 0 aliphatic carbocycles. The first-order valence-electron chi connectivity index (χ1n) is 7.84. The molecule has 1 aliphatic rings. The average Bonchev–Trinajstić information content (AvgIpc) is 3.06. The van der Waals surface area contributed by atoms with E-state index in [2.05, 4.69) is 14.9 Å². The van der Waals surface area contributed by atoms with Gasteiger partial charge in [-0.1, -0.05) is 0 Å². The van der Waals surface area contributed by atoms with Crippen molar-refractivity contribution in [2.24, 2.45) is 0 Å². The van der Waals surface area contributed by atoms with Crippen LogP contribution in [0.4, 0.5) is 16.2 Å². The van der Waals surface area contributed by atoms with Gasteiger partial charge in [-0.25, -0.2) is 14.2 Å². The molecule has 0 N–H and O–H groups in total. The fraction of sp³-hybridized carbons (Fsp3) is 0.438. The van der Waals surface area contributed by atoms with Gasteiger partial charge in [0.05, 0.1) is 12.8 Å². The van der Waals surface area contributed by atoms with Gasteiger partial charge in [-0.15, -0.1) is 0 Å². The van der Waals surface area contributed by atoms with E-state index < -0.39 is 5.97 Å². The Hall–Kier alpha value is -2.64. The van der Waals surface area contributed by atoms with Crippen LogP contribution in [0.2, 0.25) is 0 Å². The maximum Gasteiger partial charge on any atom is 0.360 e. The molecule has 3 rings (SSSR count). The smallest absolute Gasteiger partial charge is 0.360 e. The molecule has 1 atom stereocenters. The summed E-state index contributed by atoms with van der Waals surface area (Å²) in [7, 11) is 0. The molecule has 0 bridgehead atoms. The second-order valence-corrected chi connectivity index (χ2v) is 5.56. The summed E-state index contributed by atoms with van der Waals surface area (Å²) in [5, 5.41) is 0. The van der Waals surface area contributed by atoms with E-state index in [1.165, 1.54) is 18.5 Å². The molecular weight excluding hydrogens is 315 g/mol. The Bertz CT molecular complexity index is 704. The largest absolute Gasteiger partial charge is 0.461 e. The Balaban J connectivity index is 1.67. The van der Waals surface area contributed by atoms with E-state index in [0.29, 0.717) is 32.3 Å². The fourth-order valence-electron chi connectivity index (χ4n) is 2.72. The predicted octanol–water partition coefficient (Wildman–Crippen LogP) is 2.10. The van der Waals surface area contributed by atoms with Crippen LogP contribution in [0.15, 0.2) is 29.0 Å². The summed E-state index contributed by atoms with van der Waals surface area (Å²) in [5.41, 5.74) is 0.169. The van der Waals surface area contributed by atoms with E-state index in [0.717, 1.165) is 5.82 Å². The minimum Gasteiger partial charge on any atom is -0.461 e. The molecule has 0 spiro atoms. The number of nitrogens with zero attached hydrogens (tertiary/aromatic N) is 4. The second kappa shape index (κ2) is 6.86. The minimum atomic E-state index is -0.491. The number of anilines is 2. The molecule has 0 aromatic carbocycles. The lowest BCUT2D eigenvalue weighted by Gasteiger charge is -2.39. The van der Waals surface area contributed by atoms with Crippen LogP contribution in [0, 0.1) is 5.82 Å². The summed E-state index contributed by atoms with van der Waals surface area (Å²) in [4.78, 5) is 24.1. The lowest BCUT2D eigenvalue weighted by Crippen LogP contribution is -2.52. The first-order chi connectivity index (χ1) is 11.6. The highest BCUT2D eigenvalue weighted by Gasteiger charge is 2.28. The van der Waals surface area contributed by atoms with Crippen molar-refractivity contribution in [1.29, 1.82) is 0 Å². The summed E-state index contributed by atoms with van der Waals surface area (Å²) < 4.78 is 23.3. The number of piperazine rings is 1. The van der Waals surface area contributed by atoms with Gasteiger partial charge in [0.25, 0.3) is 6.01 Å². The number of hydrogen-bond acceptors (Lipinski definition) is 7. The number of carbonyl (C=O) groups is 1. The first kappa shape index (κ1) is 16.2. The van der Waals surface area contributed by atoms with E-state index in [1.54, 1.807) is 13.0 Å². The second-order valence-electron chi connectivity index (χ2n) is 5.56. The van der Waals surface area contributed by atoms with Crippen LogP contribution in [0.1, 0.15) is 24.3 Å². The van der Waals surface area contributed by atoms with Crippen LogP contribution in [-0.4, -0.2) is 48.2 Å². The summed E-state index contributed by atoms with van der Waals surface area (Å²) in [6.45, 7) is 6.09. The Labute approximate surface area is 139 Å². The van der Waals surface area contributed by atoms with Crippen LogP contribution >= 0.6 is 0 Å². The van der Waals surface area contributed by atoms with Crippen molar-refractivity contribution in [2.45, 2.75) is 19.9 Å². The zero-order valence-corrected chi connectivity index (χ0v) is 13.6. The lowest BCUT2D eigenvalue weighted by molar-refractivity contribution is 0.0519. The van der Waals surface area contributed by atoms with Gasteiger partial charge in [-0.2, -0.15) is 4.98 Å². The van der Waals surface area contributed by atoms with Gasteiger partial charge in [-0.3, -0.25) is 0 Å². The molecule has 8 heteroatoms. The molecule has 7 nitrogen and oxygen atoms in total. The average molecular weight is 334 g/mol. The Morgan fingerprint density at radius 3 is 2.96 bits per heavy atom. The molecule has 2 aromatic heterocycles. The maximum atomic E-state index is 13.0. The number of esters is 1. The number of halogens is 1. The standard InChI is InChI=1S/C16H19FN4O3/c1-3-23-15(22)13-10-24-16(19-13)20-6-7-21(11(2)9-20)14-5-4-12(17)8-18-14/h4-5,8,10-11H,3,6-7,9H2,1-2H3. The van der Waals surface area contributed by atoms with Gasteiger partial charge in [-0.05, 0) is 26.0 Å². The van der Waals surface area contributed by atoms with Crippen LogP contribution < -0.4 is 9.80 Å². The fourth-order valence-corrected chi connectivity index (χ4v) is 2.72. The van der Waals surface area contributed by atoms with Gasteiger partial charge >= 0.3 is 5.97 Å². The van der Waals surface area contributed by atoms with Crippen molar-refractivity contribution in [3.05, 3.63) is 36.1 Å². The van der Waals surface area contributed by atoms with E-state index in [9.17, 15) is 9.18 Å². The Morgan fingerprint density at radius 1 is 1.46 bits per heavy atom. The lowest BCUT2D eigenvalue weighted by atomic mass is 10.2. The summed E-state index contributed by atoms with van der Waals surface area (Å²) >= 11 is 0. The Morgan fingerprint density at radius 2 is 2.29 bits per heavy atom. The van der Waals surface area contributed by atoms with Crippen LogP contribution in [-0.2, 0) is 4.74 Å². The molecule has 1 fully saturated rings. The predicted molar refractivity (Wildman–Crippen MR) is 85.7 cm³/mol. The van der Waals surface area contributed by atoms with Gasteiger partial charge in [0, 0.05) is 25.7 Å². The molecule has 0 amide bonds. The van der Waals surface area contributed by atoms with Crippen molar-refractivity contribution < 1.29 is 18.3 Å². The van der Waals surface area contributed by atoms with E-state index in [1.807, 2.05) is 11.8 Å². The molecule has 24 heavy (non-hydrogen) atoms. The number of aromatic nitrogens is 2. The topological polar surface area (TPSA) is 71.7 Å². The van der Waals surface area contributed by atoms with Gasteiger partial charge < -0.3 is 19.0 Å². The van der Waals surface area contributed by atoms with Gasteiger partial charge in [0.2, 0.25) is 0 Å². The third-order valence-corrected chi connectivity index (χ3v) is 3.88. The molecule has 1 saturated heterocycles. The van der Waals surface area contributed by atoms with Crippen molar-refractivity contribution in [2.75, 3.05) is 36.0 Å². The number of carbonyl (C=O) groups excluding carboxylic acids is 1. The Kier molecular flexibility index (Phi) is 4.64. The van der Waals surface area contributed by atoms with Crippen molar-refractivity contribution in [1.82, 2.24) is 9.97 Å². The molecule has 128 valence electrons. The zero-order chi connectivity index (χ0) is 17.1. The monoisotopic (exact) mass is 334 g/mol. The number of oxazole rings is 1. The molecule has 2 aromatic rings. The van der Waals surface area contributed by atoms with Crippen molar-refractivity contribution in [3.8, 4) is 0 Å². The van der Waals surface area contributed by atoms with E-state index in [-0.39, 0.29) is 17.6 Å². The molecule has 1 unspecified atom stereocenters. The van der Waals surface area contributed by atoms with Gasteiger partial charge in [0.15, 0.2) is 5.69 Å². The van der Waals surface area contributed by atoms with E-state index in [4.69, 9.17) is 9.15 Å². The summed E-state index contributed by atoms with van der Waals surface area (Å²) in [6.07, 6.45) is 2.53. The van der Waals surface area contributed by atoms with Crippen LogP contribution in [0.5, 0.6) is 0 Å². The quantitative estimate of drug-likeness (QED) is 0.793. The van der Waals surface area contributed by atoms with Crippen molar-refractivity contribution >= 4 is 17.8 Å². The molecule has 0 radical (unpaired) electrons. The summed E-state index contributed by atoms with van der Waals surface area (Å²) in [5.74, 6) is -0.103. The van der Waals surface area contributed by atoms with Crippen LogP contribution in [0.25, 0.3) is 0 Å². The first-order valence-corrected chi connectivity index (χ1v) is 7.84. The number of rotatable bonds is 4. The number of pyridine rings is 1. The SMILES string of the molecule is CCOC(=O)c1coc(N2CCN(c3ccc(F)cn3)C(C)C2)n1. The minimum absolute atomic E-state index is 0.134. The highest BCUT2D eigenvalue weighted by Crippen LogP contribution is 2.22. The van der Waals surface area contributed by atoms with Crippen LogP contribution in [0.3, 0.4) is 0 Å². The molecule has 0 saturated carbocycles. The summed E-state index contributed by atoms with van der Waals surface area (Å²) in [6, 6.07) is 3.61. The number of ether oxygens (including phenoxy) is 1. The third kappa shape index (κ3) is 3.32. The normalized spacial score (nSPS) is 17.9. The molecule has 1 aliphatic heterocycles. The third-order valence-electron chi connectivity index (χ3n) is 3.88. The number of hydrogen-bond donors (Lipinski definition) is 0. The van der Waals surface area contributed by atoms with Crippen molar-refractivity contribution in [3.63, 3.8) is 0 Å². The van der Waals surface area contributed by atoms with E-state index >= 15 is 0 Å². The van der Waals surface area contributed by atoms with Gasteiger partial charge in [0.1, 0.15) is 17.9 Å².